The van der Waals surface area contributed by atoms with Crippen molar-refractivity contribution in [3.8, 4) is 5.75 Å². The van der Waals surface area contributed by atoms with Crippen LogP contribution in [0, 0.1) is 23.6 Å². The summed E-state index contributed by atoms with van der Waals surface area (Å²) in [4.78, 5) is 21.3. The number of anilines is 3. The predicted molar refractivity (Wildman–Crippen MR) is 136 cm³/mol. The minimum absolute atomic E-state index is 0.0227. The van der Waals surface area contributed by atoms with E-state index in [1.807, 2.05) is 0 Å². The molecule has 1 amide bonds. The first kappa shape index (κ1) is 24.8. The zero-order valence-corrected chi connectivity index (χ0v) is 21.1. The number of ether oxygens (including phenoxy) is 1. The van der Waals surface area contributed by atoms with Crippen molar-refractivity contribution in [2.75, 3.05) is 43.1 Å². The van der Waals surface area contributed by atoms with Crippen molar-refractivity contribution in [2.45, 2.75) is 6.92 Å². The number of carbonyl (C=O) groups is 1. The van der Waals surface area contributed by atoms with Gasteiger partial charge in [-0.25, -0.2) is 14.4 Å². The Morgan fingerprint density at radius 3 is 2.81 bits per heavy atom. The number of halogens is 2. The Bertz CT molecular complexity index is 1320. The summed E-state index contributed by atoms with van der Waals surface area (Å²) in [6.07, 6.45) is 1.13. The largest absolute Gasteiger partial charge is 0.518 e. The number of aromatic nitrogens is 2. The number of hydrogen-bond donors (Lipinski definition) is 3. The lowest BCUT2D eigenvalue weighted by atomic mass is 10.1. The van der Waals surface area contributed by atoms with Gasteiger partial charge in [0.2, 0.25) is 0 Å². The van der Waals surface area contributed by atoms with Gasteiger partial charge in [0.05, 0.1) is 29.4 Å². The van der Waals surface area contributed by atoms with E-state index in [1.54, 1.807) is 25.1 Å². The summed E-state index contributed by atoms with van der Waals surface area (Å²) in [7, 11) is -2.11. The molecule has 188 valence electrons. The molecule has 5 rings (SSSR count). The molecule has 1 saturated carbocycles. The lowest BCUT2D eigenvalue weighted by Gasteiger charge is -2.15. The molecule has 2 fully saturated rings. The molecule has 3 atom stereocenters. The molecule has 36 heavy (non-hydrogen) atoms. The molecule has 9 nitrogen and oxygen atoms in total. The Morgan fingerprint density at radius 1 is 1.25 bits per heavy atom. The van der Waals surface area contributed by atoms with Crippen molar-refractivity contribution in [2.24, 2.45) is 17.8 Å². The molecule has 0 radical (unpaired) electrons. The lowest BCUT2D eigenvalue weighted by Crippen LogP contribution is -2.19. The molecule has 0 bridgehead atoms. The van der Waals surface area contributed by atoms with Gasteiger partial charge >= 0.3 is 8.03 Å². The summed E-state index contributed by atoms with van der Waals surface area (Å²) < 4.78 is 36.7. The molecule has 3 aromatic rings. The lowest BCUT2D eigenvalue weighted by molar-refractivity contribution is -0.114. The Balaban J connectivity index is 1.43. The van der Waals surface area contributed by atoms with Crippen molar-refractivity contribution < 1.29 is 23.0 Å². The SMILES string of the molecule is CCO[P+](=O)CC(=O)Nc1cc2c(Nc3ccc(F)c(Cl)c3)ncnc2cc1OCC1C2CNCC21. The first-order valence-electron chi connectivity index (χ1n) is 11.6. The topological polar surface area (TPSA) is 114 Å². The summed E-state index contributed by atoms with van der Waals surface area (Å²) in [6.45, 7) is 4.50. The highest BCUT2D eigenvalue weighted by molar-refractivity contribution is 7.40. The number of fused-ring (bicyclic) bond motifs is 2. The summed E-state index contributed by atoms with van der Waals surface area (Å²) in [5, 5.41) is 9.87. The molecular weight excluding hydrogens is 508 g/mol. The molecule has 1 aliphatic heterocycles. The van der Waals surface area contributed by atoms with E-state index in [-0.39, 0.29) is 17.8 Å². The second-order valence-electron chi connectivity index (χ2n) is 8.76. The standard InChI is InChI=1S/C24H24ClFN5O4P/c1-2-35-36(33)11-23(32)31-21-6-14-20(7-22(21)34-10-17-15-8-27-9-16(15)17)28-12-29-24(14)30-13-3-4-19(26)18(25)5-13/h3-7,12,15-17,27H,2,8-11H2,1H3,(H-,28,29,30,31,32)/p+1. The van der Waals surface area contributed by atoms with Crippen LogP contribution in [0.3, 0.4) is 0 Å². The number of piperidine rings is 1. The van der Waals surface area contributed by atoms with Crippen LogP contribution >= 0.6 is 19.6 Å². The molecule has 1 aliphatic carbocycles. The van der Waals surface area contributed by atoms with E-state index in [4.69, 9.17) is 20.9 Å². The molecular formula is C24H25ClFN5O4P+. The number of benzene rings is 2. The molecule has 3 N–H and O–H groups in total. The zero-order valence-electron chi connectivity index (χ0n) is 19.5. The van der Waals surface area contributed by atoms with E-state index in [0.29, 0.717) is 58.2 Å². The Kier molecular flexibility index (Phi) is 7.29. The van der Waals surface area contributed by atoms with Crippen LogP contribution in [0.4, 0.5) is 21.6 Å². The van der Waals surface area contributed by atoms with Gasteiger partial charge in [-0.05, 0) is 60.7 Å². The number of rotatable bonds is 10. The van der Waals surface area contributed by atoms with Crippen LogP contribution in [0.25, 0.3) is 10.9 Å². The molecule has 1 saturated heterocycles. The van der Waals surface area contributed by atoms with E-state index < -0.39 is 19.8 Å². The fourth-order valence-electron chi connectivity index (χ4n) is 4.59. The second-order valence-corrected chi connectivity index (χ2v) is 10.4. The highest BCUT2D eigenvalue weighted by Gasteiger charge is 2.53. The Hall–Kier alpha value is -2.91. The maximum absolute atomic E-state index is 13.6. The minimum atomic E-state index is -2.11. The van der Waals surface area contributed by atoms with E-state index in [1.165, 1.54) is 18.5 Å². The first-order chi connectivity index (χ1) is 17.4. The Labute approximate surface area is 213 Å². The van der Waals surface area contributed by atoms with Gasteiger partial charge in [0, 0.05) is 23.1 Å². The summed E-state index contributed by atoms with van der Waals surface area (Å²) in [5.41, 5.74) is 1.54. The average molecular weight is 533 g/mol. The second kappa shape index (κ2) is 10.6. The first-order valence-corrected chi connectivity index (χ1v) is 13.4. The van der Waals surface area contributed by atoms with Crippen molar-refractivity contribution in [3.63, 3.8) is 0 Å². The highest BCUT2D eigenvalue weighted by atomic mass is 35.5. The van der Waals surface area contributed by atoms with Gasteiger partial charge in [-0.15, -0.1) is 4.52 Å². The van der Waals surface area contributed by atoms with Gasteiger partial charge in [0.15, 0.2) is 0 Å². The summed E-state index contributed by atoms with van der Waals surface area (Å²) >= 11 is 5.92. The van der Waals surface area contributed by atoms with Gasteiger partial charge in [0.25, 0.3) is 12.1 Å². The third kappa shape index (κ3) is 5.42. The van der Waals surface area contributed by atoms with Gasteiger partial charge in [-0.3, -0.25) is 4.79 Å². The van der Waals surface area contributed by atoms with Crippen LogP contribution in [-0.2, 0) is 13.9 Å². The van der Waals surface area contributed by atoms with Crippen LogP contribution in [-0.4, -0.2) is 48.3 Å². The minimum Gasteiger partial charge on any atom is -0.491 e. The number of carbonyl (C=O) groups excluding carboxylic acids is 1. The quantitative estimate of drug-likeness (QED) is 0.321. The molecule has 2 aliphatic rings. The molecule has 12 heteroatoms. The maximum Gasteiger partial charge on any atom is 0.518 e. The van der Waals surface area contributed by atoms with Gasteiger partial charge < -0.3 is 20.7 Å². The third-order valence-corrected chi connectivity index (χ3v) is 7.82. The van der Waals surface area contributed by atoms with Crippen LogP contribution in [0.1, 0.15) is 6.92 Å². The van der Waals surface area contributed by atoms with Crippen molar-refractivity contribution in [1.82, 2.24) is 15.3 Å². The average Bonchev–Trinajstić information content (AvgIpc) is 3.26. The van der Waals surface area contributed by atoms with E-state index in [0.717, 1.165) is 13.1 Å². The molecule has 2 aromatic carbocycles. The fourth-order valence-corrected chi connectivity index (χ4v) is 5.46. The number of nitrogens with one attached hydrogen (secondary N) is 3. The summed E-state index contributed by atoms with van der Waals surface area (Å²) in [5.74, 6) is 1.64. The molecule has 2 heterocycles. The number of amides is 1. The zero-order chi connectivity index (χ0) is 25.2. The number of hydrogen-bond acceptors (Lipinski definition) is 8. The normalized spacial score (nSPS) is 20.6. The summed E-state index contributed by atoms with van der Waals surface area (Å²) in [6, 6.07) is 7.71. The smallest absolute Gasteiger partial charge is 0.491 e. The van der Waals surface area contributed by atoms with E-state index in [9.17, 15) is 13.8 Å². The van der Waals surface area contributed by atoms with Crippen LogP contribution < -0.4 is 20.7 Å². The fraction of sp³-hybridized carbons (Fsp3) is 0.375. The monoisotopic (exact) mass is 532 g/mol. The van der Waals surface area contributed by atoms with Crippen LogP contribution in [0.5, 0.6) is 5.75 Å². The highest BCUT2D eigenvalue weighted by Crippen LogP contribution is 2.49. The van der Waals surface area contributed by atoms with Crippen LogP contribution in [0.15, 0.2) is 36.7 Å². The predicted octanol–water partition coefficient (Wildman–Crippen LogP) is 4.73. The van der Waals surface area contributed by atoms with E-state index >= 15 is 0 Å². The van der Waals surface area contributed by atoms with Gasteiger partial charge in [-0.2, -0.15) is 0 Å². The molecule has 0 spiro atoms. The van der Waals surface area contributed by atoms with Gasteiger partial charge in [-0.1, -0.05) is 11.6 Å². The van der Waals surface area contributed by atoms with Crippen molar-refractivity contribution in [3.05, 3.63) is 47.5 Å². The third-order valence-electron chi connectivity index (χ3n) is 6.44. The number of nitrogens with zero attached hydrogens (tertiary/aromatic N) is 2. The van der Waals surface area contributed by atoms with Crippen molar-refractivity contribution in [1.29, 1.82) is 0 Å². The van der Waals surface area contributed by atoms with E-state index in [2.05, 4.69) is 25.9 Å². The van der Waals surface area contributed by atoms with Crippen LogP contribution in [0.2, 0.25) is 5.02 Å². The molecule has 1 aromatic heterocycles. The molecule has 3 unspecified atom stereocenters. The van der Waals surface area contributed by atoms with Crippen molar-refractivity contribution >= 4 is 53.6 Å². The Morgan fingerprint density at radius 2 is 2.06 bits per heavy atom. The van der Waals surface area contributed by atoms with Gasteiger partial charge in [0.1, 0.15) is 23.7 Å². The maximum atomic E-state index is 13.6.